The van der Waals surface area contributed by atoms with Crippen molar-refractivity contribution >= 4 is 39.8 Å². The first-order chi connectivity index (χ1) is 13.5. The molecule has 2 amide bonds. The van der Waals surface area contributed by atoms with Gasteiger partial charge >= 0.3 is 5.97 Å². The molecule has 150 valence electrons. The maximum absolute atomic E-state index is 12.3. The molecule has 0 bridgehead atoms. The molecular formula is C21H26N2O4S. The second-order valence-corrected chi connectivity index (χ2v) is 7.36. The van der Waals surface area contributed by atoms with Crippen LogP contribution in [0.1, 0.15) is 48.3 Å². The van der Waals surface area contributed by atoms with Gasteiger partial charge in [-0.15, -0.1) is 11.3 Å². The number of nitrogens with one attached hydrogen (secondary N) is 1. The standard InChI is InChI=1S/C21H26N2O4S/c1-4-16-14-17(21(26)27-5-2)20(28-16)22-18(24)12-9-13-19(25)23(3)15-10-7-6-8-11-15/h6-8,10-11,14H,4-5,9,12-13H2,1-3H3,(H,22,24). The Morgan fingerprint density at radius 1 is 1.11 bits per heavy atom. The smallest absolute Gasteiger partial charge is 0.341 e. The van der Waals surface area contributed by atoms with Crippen LogP contribution in [0.25, 0.3) is 0 Å². The third-order valence-electron chi connectivity index (χ3n) is 4.19. The number of esters is 1. The molecule has 2 aromatic rings. The molecule has 7 heteroatoms. The third kappa shape index (κ3) is 5.92. The van der Waals surface area contributed by atoms with E-state index in [9.17, 15) is 14.4 Å². The number of amides is 2. The number of nitrogens with zero attached hydrogens (tertiary/aromatic N) is 1. The summed E-state index contributed by atoms with van der Waals surface area (Å²) in [7, 11) is 1.72. The van der Waals surface area contributed by atoms with Gasteiger partial charge in [0.15, 0.2) is 0 Å². The van der Waals surface area contributed by atoms with E-state index in [1.165, 1.54) is 11.3 Å². The van der Waals surface area contributed by atoms with Crippen LogP contribution in [0.2, 0.25) is 0 Å². The number of rotatable bonds is 9. The van der Waals surface area contributed by atoms with Crippen LogP contribution in [0.5, 0.6) is 0 Å². The van der Waals surface area contributed by atoms with E-state index in [1.54, 1.807) is 24.9 Å². The Bertz CT molecular complexity index is 817. The summed E-state index contributed by atoms with van der Waals surface area (Å²) in [6.07, 6.45) is 1.68. The van der Waals surface area contributed by atoms with Crippen LogP contribution in [-0.4, -0.2) is 31.4 Å². The highest BCUT2D eigenvalue weighted by Gasteiger charge is 2.19. The highest BCUT2D eigenvalue weighted by molar-refractivity contribution is 7.16. The van der Waals surface area contributed by atoms with Crippen LogP contribution in [0.3, 0.4) is 0 Å². The molecule has 2 rings (SSSR count). The SMILES string of the molecule is CCOC(=O)c1cc(CC)sc1NC(=O)CCCC(=O)N(C)c1ccccc1. The second-order valence-electron chi connectivity index (χ2n) is 6.22. The van der Waals surface area contributed by atoms with Gasteiger partial charge in [0.2, 0.25) is 11.8 Å². The molecule has 1 aromatic carbocycles. The van der Waals surface area contributed by atoms with E-state index < -0.39 is 5.97 Å². The zero-order chi connectivity index (χ0) is 20.5. The van der Waals surface area contributed by atoms with Gasteiger partial charge in [0.25, 0.3) is 0 Å². The lowest BCUT2D eigenvalue weighted by molar-refractivity contribution is -0.118. The topological polar surface area (TPSA) is 75.7 Å². The fraction of sp³-hybridized carbons (Fsp3) is 0.381. The predicted molar refractivity (Wildman–Crippen MR) is 112 cm³/mol. The lowest BCUT2D eigenvalue weighted by atomic mass is 10.2. The Hall–Kier alpha value is -2.67. The molecule has 0 atom stereocenters. The Morgan fingerprint density at radius 2 is 1.82 bits per heavy atom. The Kier molecular flexibility index (Phi) is 8.19. The van der Waals surface area contributed by atoms with E-state index in [-0.39, 0.29) is 31.3 Å². The first-order valence-electron chi connectivity index (χ1n) is 9.37. The third-order valence-corrected chi connectivity index (χ3v) is 5.39. The molecule has 0 unspecified atom stereocenters. The Labute approximate surface area is 169 Å². The molecule has 1 heterocycles. The van der Waals surface area contributed by atoms with Crippen molar-refractivity contribution in [1.82, 2.24) is 0 Å². The molecule has 0 fully saturated rings. The molecule has 0 radical (unpaired) electrons. The summed E-state index contributed by atoms with van der Waals surface area (Å²) < 4.78 is 5.06. The molecule has 1 N–H and O–H groups in total. The fourth-order valence-electron chi connectivity index (χ4n) is 2.62. The monoisotopic (exact) mass is 402 g/mol. The predicted octanol–water partition coefficient (Wildman–Crippen LogP) is 4.26. The average molecular weight is 403 g/mol. The number of carbonyl (C=O) groups excluding carboxylic acids is 3. The van der Waals surface area contributed by atoms with Gasteiger partial charge in [-0.2, -0.15) is 0 Å². The number of para-hydroxylation sites is 1. The molecule has 28 heavy (non-hydrogen) atoms. The van der Waals surface area contributed by atoms with Crippen LogP contribution < -0.4 is 10.2 Å². The summed E-state index contributed by atoms with van der Waals surface area (Å²) in [5, 5.41) is 3.30. The first kappa shape index (κ1) is 21.6. The van der Waals surface area contributed by atoms with Crippen LogP contribution in [-0.2, 0) is 20.7 Å². The summed E-state index contributed by atoms with van der Waals surface area (Å²) >= 11 is 1.38. The summed E-state index contributed by atoms with van der Waals surface area (Å²) in [6, 6.07) is 11.1. The maximum atomic E-state index is 12.3. The van der Waals surface area contributed by atoms with E-state index in [0.717, 1.165) is 17.0 Å². The van der Waals surface area contributed by atoms with Gasteiger partial charge in [-0.3, -0.25) is 9.59 Å². The number of ether oxygens (including phenoxy) is 1. The number of carbonyl (C=O) groups is 3. The van der Waals surface area contributed by atoms with Gasteiger partial charge in [0, 0.05) is 30.5 Å². The van der Waals surface area contributed by atoms with Gasteiger partial charge in [0.05, 0.1) is 12.2 Å². The van der Waals surface area contributed by atoms with E-state index >= 15 is 0 Å². The zero-order valence-electron chi connectivity index (χ0n) is 16.5. The normalized spacial score (nSPS) is 10.4. The van der Waals surface area contributed by atoms with E-state index in [1.807, 2.05) is 37.3 Å². The maximum Gasteiger partial charge on any atom is 0.341 e. The number of benzene rings is 1. The van der Waals surface area contributed by atoms with Gasteiger partial charge in [-0.05, 0) is 38.0 Å². The zero-order valence-corrected chi connectivity index (χ0v) is 17.3. The Balaban J connectivity index is 1.88. The molecule has 0 saturated carbocycles. The van der Waals surface area contributed by atoms with E-state index in [4.69, 9.17) is 4.74 Å². The van der Waals surface area contributed by atoms with Crippen molar-refractivity contribution in [3.05, 3.63) is 46.8 Å². The van der Waals surface area contributed by atoms with Crippen molar-refractivity contribution in [2.24, 2.45) is 0 Å². The van der Waals surface area contributed by atoms with Crippen molar-refractivity contribution in [3.63, 3.8) is 0 Å². The average Bonchev–Trinajstić information content (AvgIpc) is 3.11. The quantitative estimate of drug-likeness (QED) is 0.636. The van der Waals surface area contributed by atoms with Crippen molar-refractivity contribution in [1.29, 1.82) is 0 Å². The highest BCUT2D eigenvalue weighted by atomic mass is 32.1. The van der Waals surface area contributed by atoms with Crippen LogP contribution >= 0.6 is 11.3 Å². The number of thiophene rings is 1. The van der Waals surface area contributed by atoms with Gasteiger partial charge in [0.1, 0.15) is 5.00 Å². The minimum Gasteiger partial charge on any atom is -0.462 e. The van der Waals surface area contributed by atoms with Gasteiger partial charge in [-0.1, -0.05) is 25.1 Å². The van der Waals surface area contributed by atoms with E-state index in [0.29, 0.717) is 17.0 Å². The van der Waals surface area contributed by atoms with Crippen molar-refractivity contribution in [2.45, 2.75) is 39.5 Å². The largest absolute Gasteiger partial charge is 0.462 e. The van der Waals surface area contributed by atoms with Crippen molar-refractivity contribution < 1.29 is 19.1 Å². The van der Waals surface area contributed by atoms with Crippen LogP contribution in [0.15, 0.2) is 36.4 Å². The van der Waals surface area contributed by atoms with Crippen LogP contribution in [0.4, 0.5) is 10.7 Å². The van der Waals surface area contributed by atoms with E-state index in [2.05, 4.69) is 5.32 Å². The molecule has 0 spiro atoms. The van der Waals surface area contributed by atoms with Gasteiger partial charge < -0.3 is 15.0 Å². The Morgan fingerprint density at radius 3 is 2.46 bits per heavy atom. The summed E-state index contributed by atoms with van der Waals surface area (Å²) in [5.74, 6) is -0.700. The van der Waals surface area contributed by atoms with Gasteiger partial charge in [-0.25, -0.2) is 4.79 Å². The molecule has 1 aromatic heterocycles. The number of aryl methyl sites for hydroxylation is 1. The molecule has 0 saturated heterocycles. The number of anilines is 2. The molecule has 0 aliphatic rings. The molecule has 6 nitrogen and oxygen atoms in total. The number of hydrogen-bond acceptors (Lipinski definition) is 5. The van der Waals surface area contributed by atoms with Crippen molar-refractivity contribution in [3.8, 4) is 0 Å². The second kappa shape index (κ2) is 10.6. The molecule has 0 aliphatic carbocycles. The fourth-order valence-corrected chi connectivity index (χ4v) is 3.62. The van der Waals surface area contributed by atoms with Crippen LogP contribution in [0, 0.1) is 0 Å². The summed E-state index contributed by atoms with van der Waals surface area (Å²) in [6.45, 7) is 4.01. The minimum absolute atomic E-state index is 0.0457. The summed E-state index contributed by atoms with van der Waals surface area (Å²) in [5.41, 5.74) is 1.21. The molecule has 0 aliphatic heterocycles. The van der Waals surface area contributed by atoms with Crippen molar-refractivity contribution in [2.75, 3.05) is 23.9 Å². The lowest BCUT2D eigenvalue weighted by Crippen LogP contribution is -2.26. The highest BCUT2D eigenvalue weighted by Crippen LogP contribution is 2.29. The molecular weight excluding hydrogens is 376 g/mol. The lowest BCUT2D eigenvalue weighted by Gasteiger charge is -2.17. The summed E-state index contributed by atoms with van der Waals surface area (Å²) in [4.78, 5) is 39.2. The first-order valence-corrected chi connectivity index (χ1v) is 10.2. The number of hydrogen-bond donors (Lipinski definition) is 1. The minimum atomic E-state index is -0.437.